The van der Waals surface area contributed by atoms with Gasteiger partial charge in [-0.1, -0.05) is 6.07 Å². The Bertz CT molecular complexity index is 1080. The minimum absolute atomic E-state index is 0.0545. The number of carbonyl (C=O) groups excluding carboxylic acids is 1. The third kappa shape index (κ3) is 4.44. The Morgan fingerprint density at radius 2 is 2.00 bits per heavy atom. The summed E-state index contributed by atoms with van der Waals surface area (Å²) in [5, 5.41) is 11.3. The molecule has 0 bridgehead atoms. The number of rotatable bonds is 7. The highest BCUT2D eigenvalue weighted by atomic mass is 19.1. The van der Waals surface area contributed by atoms with Crippen LogP contribution in [0.25, 0.3) is 10.9 Å². The Balaban J connectivity index is 1.39. The number of aromatic amines is 1. The van der Waals surface area contributed by atoms with Crippen molar-refractivity contribution < 1.29 is 23.4 Å². The van der Waals surface area contributed by atoms with Gasteiger partial charge in [0.2, 0.25) is 5.91 Å². The monoisotopic (exact) mass is 415 g/mol. The number of amides is 1. The molecule has 1 aromatic heterocycles. The molecule has 0 aliphatic carbocycles. The second-order valence-corrected chi connectivity index (χ2v) is 7.62. The number of ether oxygens (including phenoxy) is 1. The molecule has 4 rings (SSSR count). The summed E-state index contributed by atoms with van der Waals surface area (Å²) in [7, 11) is 0. The molecule has 4 N–H and O–H groups in total. The van der Waals surface area contributed by atoms with Gasteiger partial charge in [-0.15, -0.1) is 0 Å². The number of nitrogens with one attached hydrogen (secondary N) is 1. The van der Waals surface area contributed by atoms with Gasteiger partial charge in [0.25, 0.3) is 0 Å². The highest BCUT2D eigenvalue weighted by Crippen LogP contribution is 2.28. The second-order valence-electron chi connectivity index (χ2n) is 7.62. The smallest absolute Gasteiger partial charge is 0.221 e. The van der Waals surface area contributed by atoms with Crippen LogP contribution in [0.4, 0.5) is 8.78 Å². The normalized spacial score (nSPS) is 15.2. The van der Waals surface area contributed by atoms with Crippen LogP contribution in [0.2, 0.25) is 0 Å². The van der Waals surface area contributed by atoms with Gasteiger partial charge in [-0.25, -0.2) is 8.78 Å². The average Bonchev–Trinajstić information content (AvgIpc) is 3.05. The van der Waals surface area contributed by atoms with Crippen LogP contribution in [-0.4, -0.2) is 46.7 Å². The standard InChI is InChI=1S/C22H23F2N3O3/c23-14-3-4-19-17(8-14)18-11-27(6-5-20(18)26-19)10-16(28)12-30-21-9-15(24)2-1-13(21)7-22(25)29/h1-4,8-9,16,26,28H,5-7,10-12H2,(H2,25,29). The maximum atomic E-state index is 13.7. The molecule has 1 amide bonds. The van der Waals surface area contributed by atoms with Gasteiger partial charge in [0.05, 0.1) is 6.42 Å². The fourth-order valence-corrected chi connectivity index (χ4v) is 3.93. The van der Waals surface area contributed by atoms with Crippen molar-refractivity contribution in [3.8, 4) is 5.75 Å². The number of fused-ring (bicyclic) bond motifs is 3. The lowest BCUT2D eigenvalue weighted by atomic mass is 10.0. The fourth-order valence-electron chi connectivity index (χ4n) is 3.93. The van der Waals surface area contributed by atoms with E-state index in [1.165, 1.54) is 30.3 Å². The van der Waals surface area contributed by atoms with Crippen LogP contribution in [0, 0.1) is 11.6 Å². The summed E-state index contributed by atoms with van der Waals surface area (Å²) in [6.45, 7) is 1.62. The maximum absolute atomic E-state index is 13.7. The number of nitrogens with two attached hydrogens (primary N) is 1. The van der Waals surface area contributed by atoms with Crippen molar-refractivity contribution in [2.75, 3.05) is 19.7 Å². The topological polar surface area (TPSA) is 91.6 Å². The van der Waals surface area contributed by atoms with E-state index in [2.05, 4.69) is 9.88 Å². The minimum atomic E-state index is -0.821. The van der Waals surface area contributed by atoms with E-state index in [0.717, 1.165) is 35.1 Å². The number of nitrogens with zero attached hydrogens (tertiary/aromatic N) is 1. The molecule has 3 aromatic rings. The Labute approximate surface area is 172 Å². The van der Waals surface area contributed by atoms with Crippen LogP contribution >= 0.6 is 0 Å². The van der Waals surface area contributed by atoms with E-state index < -0.39 is 17.8 Å². The number of aromatic nitrogens is 1. The molecule has 30 heavy (non-hydrogen) atoms. The third-order valence-corrected chi connectivity index (χ3v) is 5.31. The van der Waals surface area contributed by atoms with Crippen LogP contribution in [0.1, 0.15) is 16.8 Å². The Kier molecular flexibility index (Phi) is 5.69. The molecule has 1 aliphatic heterocycles. The molecule has 6 nitrogen and oxygen atoms in total. The first-order chi connectivity index (χ1) is 14.4. The van der Waals surface area contributed by atoms with Crippen molar-refractivity contribution in [3.05, 3.63) is 64.9 Å². The molecule has 1 unspecified atom stereocenters. The molecule has 0 saturated carbocycles. The van der Waals surface area contributed by atoms with Crippen molar-refractivity contribution in [2.24, 2.45) is 5.73 Å². The number of β-amino-alcohol motifs (C(OH)–C–C–N with tert-alkyl or cyclic N) is 1. The molecular weight excluding hydrogens is 392 g/mol. The summed E-state index contributed by atoms with van der Waals surface area (Å²) in [5.41, 5.74) is 8.73. The van der Waals surface area contributed by atoms with Crippen LogP contribution in [-0.2, 0) is 24.2 Å². The van der Waals surface area contributed by atoms with E-state index in [0.29, 0.717) is 18.7 Å². The quantitative estimate of drug-likeness (QED) is 0.552. The predicted molar refractivity (Wildman–Crippen MR) is 108 cm³/mol. The number of carbonyl (C=O) groups is 1. The summed E-state index contributed by atoms with van der Waals surface area (Å²) in [6.07, 6.45) is -0.123. The van der Waals surface area contributed by atoms with Gasteiger partial charge in [-0.3, -0.25) is 9.69 Å². The molecule has 0 radical (unpaired) electrons. The number of hydrogen-bond acceptors (Lipinski definition) is 4. The number of aliphatic hydroxyl groups excluding tert-OH is 1. The van der Waals surface area contributed by atoms with Crippen molar-refractivity contribution in [2.45, 2.75) is 25.5 Å². The van der Waals surface area contributed by atoms with Crippen LogP contribution < -0.4 is 10.5 Å². The fraction of sp³-hybridized carbons (Fsp3) is 0.318. The van der Waals surface area contributed by atoms with E-state index in [4.69, 9.17) is 10.5 Å². The summed E-state index contributed by atoms with van der Waals surface area (Å²) >= 11 is 0. The summed E-state index contributed by atoms with van der Waals surface area (Å²) in [5.74, 6) is -1.13. The van der Waals surface area contributed by atoms with E-state index in [1.807, 2.05) is 0 Å². The van der Waals surface area contributed by atoms with Crippen molar-refractivity contribution in [1.29, 1.82) is 0 Å². The van der Waals surface area contributed by atoms with Gasteiger partial charge in [0, 0.05) is 54.3 Å². The lowest BCUT2D eigenvalue weighted by molar-refractivity contribution is -0.117. The number of aliphatic hydroxyl groups is 1. The van der Waals surface area contributed by atoms with E-state index in [9.17, 15) is 18.7 Å². The van der Waals surface area contributed by atoms with Gasteiger partial charge in [0.15, 0.2) is 0 Å². The number of hydrogen-bond donors (Lipinski definition) is 3. The highest BCUT2D eigenvalue weighted by molar-refractivity contribution is 5.85. The number of benzene rings is 2. The first kappa shape index (κ1) is 20.3. The first-order valence-corrected chi connectivity index (χ1v) is 9.78. The van der Waals surface area contributed by atoms with Gasteiger partial charge in [0.1, 0.15) is 30.1 Å². The lowest BCUT2D eigenvalue weighted by Gasteiger charge is -2.29. The summed E-state index contributed by atoms with van der Waals surface area (Å²) < 4.78 is 32.8. The predicted octanol–water partition coefficient (Wildman–Crippen LogP) is 2.27. The maximum Gasteiger partial charge on any atom is 0.221 e. The first-order valence-electron chi connectivity index (χ1n) is 9.78. The van der Waals surface area contributed by atoms with Crippen molar-refractivity contribution in [3.63, 3.8) is 0 Å². The molecule has 0 saturated heterocycles. The zero-order valence-corrected chi connectivity index (χ0v) is 16.3. The van der Waals surface area contributed by atoms with Gasteiger partial charge in [-0.2, -0.15) is 0 Å². The van der Waals surface area contributed by atoms with Gasteiger partial charge >= 0.3 is 0 Å². The average molecular weight is 415 g/mol. The highest BCUT2D eigenvalue weighted by Gasteiger charge is 2.23. The molecule has 158 valence electrons. The van der Waals surface area contributed by atoms with Crippen molar-refractivity contribution >= 4 is 16.8 Å². The summed E-state index contributed by atoms with van der Waals surface area (Å²) in [6, 6.07) is 8.55. The Hall–Kier alpha value is -2.97. The lowest BCUT2D eigenvalue weighted by Crippen LogP contribution is -2.38. The minimum Gasteiger partial charge on any atom is -0.490 e. The Morgan fingerprint density at radius 3 is 2.80 bits per heavy atom. The van der Waals surface area contributed by atoms with Crippen LogP contribution in [0.3, 0.4) is 0 Å². The largest absolute Gasteiger partial charge is 0.490 e. The van der Waals surface area contributed by atoms with Crippen LogP contribution in [0.5, 0.6) is 5.75 Å². The summed E-state index contributed by atoms with van der Waals surface area (Å²) in [4.78, 5) is 16.6. The molecule has 8 heteroatoms. The molecule has 1 aliphatic rings. The van der Waals surface area contributed by atoms with Crippen LogP contribution in [0.15, 0.2) is 36.4 Å². The zero-order chi connectivity index (χ0) is 21.3. The third-order valence-electron chi connectivity index (χ3n) is 5.31. The zero-order valence-electron chi connectivity index (χ0n) is 16.3. The number of primary amides is 1. The molecule has 0 spiro atoms. The SMILES string of the molecule is NC(=O)Cc1ccc(F)cc1OCC(O)CN1CCc2[nH]c3ccc(F)cc3c2C1. The van der Waals surface area contributed by atoms with E-state index in [-0.39, 0.29) is 24.6 Å². The molecule has 1 atom stereocenters. The molecule has 2 aromatic carbocycles. The second kappa shape index (κ2) is 8.41. The number of halogens is 2. The molecule has 0 fully saturated rings. The molecule has 2 heterocycles. The van der Waals surface area contributed by atoms with Gasteiger partial charge < -0.3 is 20.6 Å². The van der Waals surface area contributed by atoms with Gasteiger partial charge in [-0.05, 0) is 29.8 Å². The van der Waals surface area contributed by atoms with Crippen molar-refractivity contribution in [1.82, 2.24) is 9.88 Å². The number of H-pyrrole nitrogens is 1. The van der Waals surface area contributed by atoms with E-state index >= 15 is 0 Å². The molecular formula is C22H23F2N3O3. The Morgan fingerprint density at radius 1 is 1.23 bits per heavy atom. The van der Waals surface area contributed by atoms with E-state index in [1.54, 1.807) is 6.07 Å².